The molecule has 0 N–H and O–H groups in total. The molecule has 0 spiro atoms. The zero-order valence-electron chi connectivity index (χ0n) is 9.87. The topological polar surface area (TPSA) is 51.1 Å². The molecule has 0 bridgehead atoms. The van der Waals surface area contributed by atoms with Gasteiger partial charge < -0.3 is 9.64 Å². The van der Waals surface area contributed by atoms with Gasteiger partial charge in [-0.1, -0.05) is 6.07 Å². The molecule has 0 saturated carbocycles. The van der Waals surface area contributed by atoms with Gasteiger partial charge in [0.15, 0.2) is 0 Å². The normalized spacial score (nSPS) is 10.0. The summed E-state index contributed by atoms with van der Waals surface area (Å²) >= 11 is 0. The van der Waals surface area contributed by atoms with E-state index < -0.39 is 0 Å². The van der Waals surface area contributed by atoms with E-state index in [1.165, 1.54) is 6.33 Å². The van der Waals surface area contributed by atoms with Crippen LogP contribution in [-0.2, 0) is 6.54 Å². The van der Waals surface area contributed by atoms with Gasteiger partial charge in [-0.25, -0.2) is 9.97 Å². The first-order chi connectivity index (χ1) is 8.29. The second-order valence-corrected chi connectivity index (χ2v) is 3.64. The van der Waals surface area contributed by atoms with Gasteiger partial charge in [-0.15, -0.1) is 0 Å². The number of pyridine rings is 1. The quantitative estimate of drug-likeness (QED) is 0.797. The van der Waals surface area contributed by atoms with Gasteiger partial charge in [0.05, 0.1) is 7.11 Å². The zero-order chi connectivity index (χ0) is 12.1. The molecule has 0 fully saturated rings. The third-order valence-corrected chi connectivity index (χ3v) is 2.37. The molecule has 0 unspecified atom stereocenters. The lowest BCUT2D eigenvalue weighted by molar-refractivity contribution is 0.397. The van der Waals surface area contributed by atoms with E-state index in [1.807, 2.05) is 30.3 Å². The third-order valence-electron chi connectivity index (χ3n) is 2.37. The van der Waals surface area contributed by atoms with E-state index in [2.05, 4.69) is 15.0 Å². The van der Waals surface area contributed by atoms with Crippen molar-refractivity contribution < 1.29 is 4.74 Å². The smallest absolute Gasteiger partial charge is 0.218 e. The number of hydrogen-bond acceptors (Lipinski definition) is 5. The summed E-state index contributed by atoms with van der Waals surface area (Å²) in [5.74, 6) is 1.38. The van der Waals surface area contributed by atoms with Crippen LogP contribution >= 0.6 is 0 Å². The second kappa shape index (κ2) is 5.25. The van der Waals surface area contributed by atoms with Gasteiger partial charge >= 0.3 is 0 Å². The summed E-state index contributed by atoms with van der Waals surface area (Å²) < 4.78 is 5.07. The van der Waals surface area contributed by atoms with Gasteiger partial charge in [0, 0.05) is 32.1 Å². The Bertz CT molecular complexity index is 475. The number of hydrogen-bond donors (Lipinski definition) is 0. The molecule has 17 heavy (non-hydrogen) atoms. The van der Waals surface area contributed by atoms with Crippen LogP contribution in [0, 0.1) is 0 Å². The van der Waals surface area contributed by atoms with Crippen molar-refractivity contribution in [3.8, 4) is 5.88 Å². The van der Waals surface area contributed by atoms with Gasteiger partial charge in [-0.05, 0) is 11.6 Å². The Morgan fingerprint density at radius 1 is 1.35 bits per heavy atom. The van der Waals surface area contributed by atoms with Gasteiger partial charge in [-0.2, -0.15) is 0 Å². The van der Waals surface area contributed by atoms with Crippen LogP contribution in [0.3, 0.4) is 0 Å². The minimum Gasteiger partial charge on any atom is -0.481 e. The van der Waals surface area contributed by atoms with Crippen molar-refractivity contribution in [1.29, 1.82) is 0 Å². The van der Waals surface area contributed by atoms with Crippen LogP contribution in [0.15, 0.2) is 36.9 Å². The van der Waals surface area contributed by atoms with Crippen LogP contribution < -0.4 is 9.64 Å². The minimum atomic E-state index is 0.563. The van der Waals surface area contributed by atoms with Gasteiger partial charge in [0.2, 0.25) is 5.88 Å². The van der Waals surface area contributed by atoms with Gasteiger partial charge in [-0.3, -0.25) is 4.98 Å². The number of methoxy groups -OCH3 is 1. The van der Waals surface area contributed by atoms with Crippen LogP contribution in [0.4, 0.5) is 5.82 Å². The molecule has 5 nitrogen and oxygen atoms in total. The number of nitrogens with zero attached hydrogens (tertiary/aromatic N) is 4. The summed E-state index contributed by atoms with van der Waals surface area (Å²) in [5, 5.41) is 0. The van der Waals surface area contributed by atoms with Crippen molar-refractivity contribution in [1.82, 2.24) is 15.0 Å². The predicted octanol–water partition coefficient (Wildman–Crippen LogP) is 1.52. The SMILES string of the molecule is COc1cc(N(C)Cc2cccnc2)ncn1. The van der Waals surface area contributed by atoms with Crippen molar-refractivity contribution in [2.24, 2.45) is 0 Å². The maximum atomic E-state index is 5.07. The molecule has 0 aliphatic heterocycles. The lowest BCUT2D eigenvalue weighted by Crippen LogP contribution is -2.17. The van der Waals surface area contributed by atoms with Crippen LogP contribution in [0.25, 0.3) is 0 Å². The molecule has 0 atom stereocenters. The summed E-state index contributed by atoms with van der Waals surface area (Å²) in [6, 6.07) is 5.75. The molecule has 88 valence electrons. The van der Waals surface area contributed by atoms with Crippen LogP contribution in [0.2, 0.25) is 0 Å². The Kier molecular flexibility index (Phi) is 3.49. The number of ether oxygens (including phenoxy) is 1. The third kappa shape index (κ3) is 2.90. The molecule has 2 heterocycles. The van der Waals surface area contributed by atoms with E-state index in [9.17, 15) is 0 Å². The molecule has 2 aromatic rings. The monoisotopic (exact) mass is 230 g/mol. The number of aromatic nitrogens is 3. The molecule has 0 radical (unpaired) electrons. The summed E-state index contributed by atoms with van der Waals surface area (Å²) in [6.07, 6.45) is 5.10. The van der Waals surface area contributed by atoms with E-state index in [0.29, 0.717) is 5.88 Å². The first kappa shape index (κ1) is 11.3. The van der Waals surface area contributed by atoms with E-state index >= 15 is 0 Å². The Balaban J connectivity index is 2.11. The second-order valence-electron chi connectivity index (χ2n) is 3.64. The van der Waals surface area contributed by atoms with Crippen molar-refractivity contribution >= 4 is 5.82 Å². The van der Waals surface area contributed by atoms with Crippen LogP contribution in [0.5, 0.6) is 5.88 Å². The summed E-state index contributed by atoms with van der Waals surface area (Å²) in [5.41, 5.74) is 1.13. The van der Waals surface area contributed by atoms with E-state index in [4.69, 9.17) is 4.74 Å². The molecule has 2 rings (SSSR count). The van der Waals surface area contributed by atoms with Crippen molar-refractivity contribution in [3.63, 3.8) is 0 Å². The molecule has 5 heteroatoms. The fourth-order valence-corrected chi connectivity index (χ4v) is 1.50. The highest BCUT2D eigenvalue weighted by molar-refractivity contribution is 5.40. The number of rotatable bonds is 4. The molecule has 0 amide bonds. The number of anilines is 1. The van der Waals surface area contributed by atoms with E-state index in [-0.39, 0.29) is 0 Å². The first-order valence-corrected chi connectivity index (χ1v) is 5.25. The first-order valence-electron chi connectivity index (χ1n) is 5.25. The molecule has 0 aliphatic rings. The fraction of sp³-hybridized carbons (Fsp3) is 0.250. The molecule has 0 aromatic carbocycles. The van der Waals surface area contributed by atoms with Crippen molar-refractivity contribution in [3.05, 3.63) is 42.5 Å². The molecule has 2 aromatic heterocycles. The van der Waals surface area contributed by atoms with E-state index in [1.54, 1.807) is 19.4 Å². The highest BCUT2D eigenvalue weighted by atomic mass is 16.5. The van der Waals surface area contributed by atoms with Crippen molar-refractivity contribution in [2.45, 2.75) is 6.54 Å². The highest BCUT2D eigenvalue weighted by Crippen LogP contribution is 2.15. The van der Waals surface area contributed by atoms with Gasteiger partial charge in [0.25, 0.3) is 0 Å². The zero-order valence-corrected chi connectivity index (χ0v) is 9.87. The molecular weight excluding hydrogens is 216 g/mol. The fourth-order valence-electron chi connectivity index (χ4n) is 1.50. The summed E-state index contributed by atoms with van der Waals surface area (Å²) in [6.45, 7) is 0.744. The minimum absolute atomic E-state index is 0.563. The Morgan fingerprint density at radius 2 is 2.24 bits per heavy atom. The lowest BCUT2D eigenvalue weighted by Gasteiger charge is -2.17. The summed E-state index contributed by atoms with van der Waals surface area (Å²) in [7, 11) is 3.56. The largest absolute Gasteiger partial charge is 0.481 e. The van der Waals surface area contributed by atoms with Crippen molar-refractivity contribution in [2.75, 3.05) is 19.1 Å². The van der Waals surface area contributed by atoms with E-state index in [0.717, 1.165) is 17.9 Å². The molecular formula is C12H14N4O. The molecule has 0 aliphatic carbocycles. The van der Waals surface area contributed by atoms with Crippen LogP contribution in [-0.4, -0.2) is 29.1 Å². The Morgan fingerprint density at radius 3 is 2.94 bits per heavy atom. The highest BCUT2D eigenvalue weighted by Gasteiger charge is 2.05. The maximum Gasteiger partial charge on any atom is 0.218 e. The van der Waals surface area contributed by atoms with Crippen LogP contribution in [0.1, 0.15) is 5.56 Å². The average Bonchev–Trinajstić information content (AvgIpc) is 2.40. The predicted molar refractivity (Wildman–Crippen MR) is 64.9 cm³/mol. The molecule has 0 saturated heterocycles. The average molecular weight is 230 g/mol. The standard InChI is InChI=1S/C12H14N4O/c1-16(8-10-4-3-5-13-7-10)11-6-12(17-2)15-9-14-11/h3-7,9H,8H2,1-2H3. The lowest BCUT2D eigenvalue weighted by atomic mass is 10.3. The summed E-state index contributed by atoms with van der Waals surface area (Å²) in [4.78, 5) is 14.3. The maximum absolute atomic E-state index is 5.07. The Labute approximate surface area is 100 Å². The Hall–Kier alpha value is -2.17. The van der Waals surface area contributed by atoms with Gasteiger partial charge in [0.1, 0.15) is 12.1 Å².